The third-order valence-electron chi connectivity index (χ3n) is 3.48. The van der Waals surface area contributed by atoms with Gasteiger partial charge < -0.3 is 16.0 Å². The maximum absolute atomic E-state index is 11.8. The second-order valence-electron chi connectivity index (χ2n) is 6.28. The van der Waals surface area contributed by atoms with E-state index >= 15 is 0 Å². The molecule has 0 aliphatic carbocycles. The van der Waals surface area contributed by atoms with Crippen LogP contribution in [0.1, 0.15) is 27.2 Å². The van der Waals surface area contributed by atoms with Gasteiger partial charge in [-0.25, -0.2) is 0 Å². The van der Waals surface area contributed by atoms with Gasteiger partial charge in [0.15, 0.2) is 0 Å². The number of likely N-dealkylation sites (N-methyl/N-ethyl adjacent to an activating group) is 1. The number of carbonyl (C=O) groups is 1. The van der Waals surface area contributed by atoms with Crippen molar-refractivity contribution in [3.63, 3.8) is 0 Å². The molecule has 20 heavy (non-hydrogen) atoms. The molecule has 0 saturated heterocycles. The second-order valence-corrected chi connectivity index (χ2v) is 6.28. The van der Waals surface area contributed by atoms with Crippen LogP contribution in [0.4, 0.5) is 5.69 Å². The Labute approximate surface area is 122 Å². The molecule has 4 heteroatoms. The third-order valence-corrected chi connectivity index (χ3v) is 3.48. The zero-order chi connectivity index (χ0) is 15.2. The number of amides is 1. The largest absolute Gasteiger partial charge is 0.373 e. The van der Waals surface area contributed by atoms with Gasteiger partial charge in [0.25, 0.3) is 0 Å². The summed E-state index contributed by atoms with van der Waals surface area (Å²) in [4.78, 5) is 13.9. The number of nitrogens with two attached hydrogens (primary N) is 1. The van der Waals surface area contributed by atoms with Gasteiger partial charge in [-0.15, -0.1) is 0 Å². The normalized spacial score (nSPS) is 12.8. The molecule has 1 atom stereocenters. The Morgan fingerprint density at radius 1 is 1.30 bits per heavy atom. The Morgan fingerprint density at radius 2 is 1.90 bits per heavy atom. The monoisotopic (exact) mass is 277 g/mol. The molecule has 0 bridgehead atoms. The van der Waals surface area contributed by atoms with Crippen LogP contribution in [0, 0.1) is 5.41 Å². The quantitative estimate of drug-likeness (QED) is 0.836. The van der Waals surface area contributed by atoms with Gasteiger partial charge >= 0.3 is 0 Å². The van der Waals surface area contributed by atoms with Crippen LogP contribution >= 0.6 is 0 Å². The molecule has 112 valence electrons. The zero-order valence-corrected chi connectivity index (χ0v) is 13.0. The highest BCUT2D eigenvalue weighted by Gasteiger charge is 2.22. The minimum Gasteiger partial charge on any atom is -0.373 e. The lowest BCUT2D eigenvalue weighted by Gasteiger charge is -2.26. The topological polar surface area (TPSA) is 58.4 Å². The fraction of sp³-hybridized carbons (Fsp3) is 0.562. The van der Waals surface area contributed by atoms with Crippen molar-refractivity contribution < 1.29 is 4.79 Å². The Bertz CT molecular complexity index is 411. The molecule has 0 fully saturated rings. The maximum atomic E-state index is 11.8. The molecule has 1 amide bonds. The average Bonchev–Trinajstić information content (AvgIpc) is 2.38. The fourth-order valence-corrected chi connectivity index (χ4v) is 1.75. The van der Waals surface area contributed by atoms with E-state index in [0.29, 0.717) is 13.0 Å². The second kappa shape index (κ2) is 7.29. The number of rotatable bonds is 6. The summed E-state index contributed by atoms with van der Waals surface area (Å²) < 4.78 is 0. The summed E-state index contributed by atoms with van der Waals surface area (Å²) in [6.07, 6.45) is 0.374. The van der Waals surface area contributed by atoms with Gasteiger partial charge in [0.05, 0.1) is 0 Å². The summed E-state index contributed by atoms with van der Waals surface area (Å²) in [5, 5.41) is 2.93. The highest BCUT2D eigenvalue weighted by Crippen LogP contribution is 2.19. The first-order chi connectivity index (χ1) is 9.30. The molecule has 0 aliphatic rings. The number of para-hydroxylation sites is 1. The Morgan fingerprint density at radius 3 is 2.45 bits per heavy atom. The van der Waals surface area contributed by atoms with E-state index in [4.69, 9.17) is 5.73 Å². The summed E-state index contributed by atoms with van der Waals surface area (Å²) in [5.74, 6) is 0.0221. The number of benzene rings is 1. The van der Waals surface area contributed by atoms with E-state index in [1.54, 1.807) is 0 Å². The standard InChI is InChI=1S/C16H27N3O/c1-16(2,3)14(17)12-15(20)18-10-11-19(4)13-8-6-5-7-9-13/h5-9,14H,10-12,17H2,1-4H3,(H,18,20). The Kier molecular flexibility index (Phi) is 6.02. The van der Waals surface area contributed by atoms with E-state index in [0.717, 1.165) is 12.2 Å². The van der Waals surface area contributed by atoms with Crippen LogP contribution in [0.25, 0.3) is 0 Å². The number of anilines is 1. The molecule has 0 heterocycles. The van der Waals surface area contributed by atoms with Crippen molar-refractivity contribution >= 4 is 11.6 Å². The lowest BCUT2D eigenvalue weighted by Crippen LogP contribution is -2.41. The Hall–Kier alpha value is -1.55. The molecule has 0 spiro atoms. The molecule has 1 rings (SSSR count). The van der Waals surface area contributed by atoms with Crippen LogP contribution in [-0.2, 0) is 4.79 Å². The van der Waals surface area contributed by atoms with Crippen LogP contribution < -0.4 is 16.0 Å². The van der Waals surface area contributed by atoms with Crippen LogP contribution in [0.15, 0.2) is 30.3 Å². The van der Waals surface area contributed by atoms with Crippen molar-refractivity contribution in [2.45, 2.75) is 33.2 Å². The highest BCUT2D eigenvalue weighted by atomic mass is 16.1. The number of carbonyl (C=O) groups excluding carboxylic acids is 1. The van der Waals surface area contributed by atoms with Crippen LogP contribution in [0.5, 0.6) is 0 Å². The van der Waals surface area contributed by atoms with Gasteiger partial charge in [-0.1, -0.05) is 39.0 Å². The van der Waals surface area contributed by atoms with E-state index in [1.165, 1.54) is 0 Å². The highest BCUT2D eigenvalue weighted by molar-refractivity contribution is 5.76. The molecular weight excluding hydrogens is 250 g/mol. The molecule has 0 aromatic heterocycles. The van der Waals surface area contributed by atoms with E-state index in [2.05, 4.69) is 22.3 Å². The number of hydrogen-bond donors (Lipinski definition) is 2. The molecule has 4 nitrogen and oxygen atoms in total. The number of hydrogen-bond acceptors (Lipinski definition) is 3. The van der Waals surface area contributed by atoms with Crippen LogP contribution in [-0.4, -0.2) is 32.1 Å². The van der Waals surface area contributed by atoms with E-state index in [1.807, 2.05) is 46.0 Å². The number of nitrogens with one attached hydrogen (secondary N) is 1. The third kappa shape index (κ3) is 5.61. The van der Waals surface area contributed by atoms with Crippen molar-refractivity contribution in [3.05, 3.63) is 30.3 Å². The van der Waals surface area contributed by atoms with Crippen molar-refractivity contribution in [3.8, 4) is 0 Å². The molecule has 0 radical (unpaired) electrons. The molecule has 0 saturated carbocycles. The van der Waals surface area contributed by atoms with Crippen molar-refractivity contribution in [1.29, 1.82) is 0 Å². The summed E-state index contributed by atoms with van der Waals surface area (Å²) in [6, 6.07) is 10.00. The summed E-state index contributed by atoms with van der Waals surface area (Å²) in [5.41, 5.74) is 7.11. The van der Waals surface area contributed by atoms with Gasteiger partial charge in [-0.2, -0.15) is 0 Å². The molecule has 0 aliphatic heterocycles. The molecule has 3 N–H and O–H groups in total. The minimum absolute atomic E-state index is 0.0221. The molecule has 1 aromatic rings. The maximum Gasteiger partial charge on any atom is 0.221 e. The molecule has 1 aromatic carbocycles. The fourth-order valence-electron chi connectivity index (χ4n) is 1.75. The predicted octanol–water partition coefficient (Wildman–Crippen LogP) is 2.00. The Balaban J connectivity index is 2.29. The summed E-state index contributed by atoms with van der Waals surface area (Å²) in [7, 11) is 2.02. The van der Waals surface area contributed by atoms with E-state index < -0.39 is 0 Å². The van der Waals surface area contributed by atoms with Gasteiger partial charge in [0.1, 0.15) is 0 Å². The lowest BCUT2D eigenvalue weighted by atomic mass is 9.85. The van der Waals surface area contributed by atoms with Crippen LogP contribution in [0.3, 0.4) is 0 Å². The van der Waals surface area contributed by atoms with E-state index in [9.17, 15) is 4.79 Å². The predicted molar refractivity (Wildman–Crippen MR) is 84.8 cm³/mol. The minimum atomic E-state index is -0.116. The first-order valence-electron chi connectivity index (χ1n) is 7.09. The average molecular weight is 277 g/mol. The van der Waals surface area contributed by atoms with Gasteiger partial charge in [0, 0.05) is 38.3 Å². The SMILES string of the molecule is CN(CCNC(=O)CC(N)C(C)(C)C)c1ccccc1. The number of nitrogens with zero attached hydrogens (tertiary/aromatic N) is 1. The van der Waals surface area contributed by atoms with Crippen LogP contribution in [0.2, 0.25) is 0 Å². The molecular formula is C16H27N3O. The summed E-state index contributed by atoms with van der Waals surface area (Å²) in [6.45, 7) is 7.55. The van der Waals surface area contributed by atoms with Crippen molar-refractivity contribution in [2.24, 2.45) is 11.1 Å². The van der Waals surface area contributed by atoms with E-state index in [-0.39, 0.29) is 17.4 Å². The van der Waals surface area contributed by atoms with Crippen molar-refractivity contribution in [2.75, 3.05) is 25.0 Å². The smallest absolute Gasteiger partial charge is 0.221 e. The van der Waals surface area contributed by atoms with Crippen molar-refractivity contribution in [1.82, 2.24) is 5.32 Å². The van der Waals surface area contributed by atoms with Gasteiger partial charge in [0.2, 0.25) is 5.91 Å². The zero-order valence-electron chi connectivity index (χ0n) is 13.0. The van der Waals surface area contributed by atoms with Gasteiger partial charge in [-0.3, -0.25) is 4.79 Å². The first-order valence-corrected chi connectivity index (χ1v) is 7.09. The van der Waals surface area contributed by atoms with Gasteiger partial charge in [-0.05, 0) is 17.5 Å². The first kappa shape index (κ1) is 16.5. The lowest BCUT2D eigenvalue weighted by molar-refractivity contribution is -0.121. The summed E-state index contributed by atoms with van der Waals surface area (Å²) >= 11 is 0. The molecule has 1 unspecified atom stereocenters.